The SMILES string of the molecule is C[C@@H]1Cn2ccnc2S1. The lowest BCUT2D eigenvalue weighted by Crippen LogP contribution is -1.97. The Morgan fingerprint density at radius 3 is 3.56 bits per heavy atom. The third kappa shape index (κ3) is 0.758. The molecule has 2 heterocycles. The van der Waals surface area contributed by atoms with Gasteiger partial charge < -0.3 is 4.57 Å². The second-order valence-corrected chi connectivity index (χ2v) is 3.70. The molecule has 0 spiro atoms. The number of nitrogens with zero attached hydrogens (tertiary/aromatic N) is 2. The molecule has 0 aliphatic carbocycles. The fourth-order valence-corrected chi connectivity index (χ4v) is 2.03. The Morgan fingerprint density at radius 2 is 2.78 bits per heavy atom. The van der Waals surface area contributed by atoms with Crippen LogP contribution in [0.25, 0.3) is 0 Å². The summed E-state index contributed by atoms with van der Waals surface area (Å²) in [6, 6.07) is 0. The molecule has 0 radical (unpaired) electrons. The van der Waals surface area contributed by atoms with Crippen LogP contribution in [-0.4, -0.2) is 14.8 Å². The molecule has 0 bridgehead atoms. The molecule has 1 aromatic rings. The summed E-state index contributed by atoms with van der Waals surface area (Å²) in [7, 11) is 0. The molecule has 0 fully saturated rings. The lowest BCUT2D eigenvalue weighted by molar-refractivity contribution is 0.669. The second kappa shape index (κ2) is 1.77. The maximum absolute atomic E-state index is 4.17. The Bertz CT molecular complexity index is 198. The van der Waals surface area contributed by atoms with Crippen molar-refractivity contribution in [2.75, 3.05) is 0 Å². The van der Waals surface area contributed by atoms with E-state index in [4.69, 9.17) is 0 Å². The Balaban J connectivity index is 2.39. The molecule has 0 saturated carbocycles. The van der Waals surface area contributed by atoms with Crippen molar-refractivity contribution < 1.29 is 0 Å². The number of rotatable bonds is 0. The van der Waals surface area contributed by atoms with Gasteiger partial charge in [0.1, 0.15) is 0 Å². The minimum atomic E-state index is 0.716. The molecule has 0 aromatic carbocycles. The van der Waals surface area contributed by atoms with Crippen molar-refractivity contribution in [2.24, 2.45) is 0 Å². The number of thioether (sulfide) groups is 1. The first-order valence-electron chi connectivity index (χ1n) is 3.04. The normalized spacial score (nSPS) is 24.3. The molecular weight excluding hydrogens is 132 g/mol. The molecule has 2 rings (SSSR count). The minimum Gasteiger partial charge on any atom is -0.325 e. The van der Waals surface area contributed by atoms with Gasteiger partial charge in [0, 0.05) is 24.2 Å². The van der Waals surface area contributed by atoms with Crippen LogP contribution in [0.1, 0.15) is 6.92 Å². The van der Waals surface area contributed by atoms with Crippen molar-refractivity contribution in [1.29, 1.82) is 0 Å². The highest BCUT2D eigenvalue weighted by Gasteiger charge is 2.17. The van der Waals surface area contributed by atoms with Crippen LogP contribution in [-0.2, 0) is 6.54 Å². The molecule has 0 N–H and O–H groups in total. The van der Waals surface area contributed by atoms with Crippen molar-refractivity contribution in [2.45, 2.75) is 23.9 Å². The van der Waals surface area contributed by atoms with Crippen LogP contribution in [0.4, 0.5) is 0 Å². The van der Waals surface area contributed by atoms with E-state index in [9.17, 15) is 0 Å². The summed E-state index contributed by atoms with van der Waals surface area (Å²) < 4.78 is 2.19. The standard InChI is InChI=1S/C6H8N2S/c1-5-4-8-3-2-7-6(8)9-5/h2-3,5H,4H2,1H3/t5-/m1/s1. The lowest BCUT2D eigenvalue weighted by atomic mass is 10.5. The summed E-state index contributed by atoms with van der Waals surface area (Å²) in [6.45, 7) is 3.35. The first kappa shape index (κ1) is 5.35. The molecule has 1 aliphatic heterocycles. The van der Waals surface area contributed by atoms with Crippen LogP contribution in [0.15, 0.2) is 17.6 Å². The molecule has 3 heteroatoms. The zero-order valence-electron chi connectivity index (χ0n) is 5.24. The van der Waals surface area contributed by atoms with Gasteiger partial charge in [0.05, 0.1) is 0 Å². The zero-order chi connectivity index (χ0) is 6.27. The van der Waals surface area contributed by atoms with Gasteiger partial charge in [0.2, 0.25) is 0 Å². The van der Waals surface area contributed by atoms with Gasteiger partial charge in [0.15, 0.2) is 5.16 Å². The highest BCUT2D eigenvalue weighted by Crippen LogP contribution is 2.29. The van der Waals surface area contributed by atoms with E-state index in [0.29, 0.717) is 5.25 Å². The Hall–Kier alpha value is -0.440. The molecule has 2 nitrogen and oxygen atoms in total. The molecule has 9 heavy (non-hydrogen) atoms. The monoisotopic (exact) mass is 140 g/mol. The van der Waals surface area contributed by atoms with Gasteiger partial charge in [-0.3, -0.25) is 0 Å². The Morgan fingerprint density at radius 1 is 1.89 bits per heavy atom. The number of aromatic nitrogens is 2. The number of hydrogen-bond acceptors (Lipinski definition) is 2. The summed E-state index contributed by atoms with van der Waals surface area (Å²) in [4.78, 5) is 4.17. The molecular formula is C6H8N2S. The van der Waals surface area contributed by atoms with E-state index < -0.39 is 0 Å². The van der Waals surface area contributed by atoms with E-state index in [1.807, 2.05) is 24.2 Å². The van der Waals surface area contributed by atoms with Crippen molar-refractivity contribution in [3.8, 4) is 0 Å². The van der Waals surface area contributed by atoms with Crippen molar-refractivity contribution in [1.82, 2.24) is 9.55 Å². The third-order valence-corrected chi connectivity index (χ3v) is 2.54. The van der Waals surface area contributed by atoms with Crippen LogP contribution >= 0.6 is 11.8 Å². The van der Waals surface area contributed by atoms with Gasteiger partial charge in [-0.1, -0.05) is 18.7 Å². The Labute approximate surface area is 58.3 Å². The fraction of sp³-hybridized carbons (Fsp3) is 0.500. The predicted octanol–water partition coefficient (Wildman–Crippen LogP) is 1.38. The first-order valence-corrected chi connectivity index (χ1v) is 3.92. The average Bonchev–Trinajstić information content (AvgIpc) is 2.22. The topological polar surface area (TPSA) is 17.8 Å². The maximum atomic E-state index is 4.17. The minimum absolute atomic E-state index is 0.716. The van der Waals surface area contributed by atoms with Gasteiger partial charge in [-0.15, -0.1) is 0 Å². The van der Waals surface area contributed by atoms with Crippen LogP contribution in [0.5, 0.6) is 0 Å². The van der Waals surface area contributed by atoms with Gasteiger partial charge >= 0.3 is 0 Å². The maximum Gasteiger partial charge on any atom is 0.168 e. The number of hydrogen-bond donors (Lipinski definition) is 0. The van der Waals surface area contributed by atoms with E-state index in [2.05, 4.69) is 16.5 Å². The molecule has 48 valence electrons. The van der Waals surface area contributed by atoms with Gasteiger partial charge in [-0.2, -0.15) is 0 Å². The van der Waals surface area contributed by atoms with Crippen LogP contribution in [0.2, 0.25) is 0 Å². The predicted molar refractivity (Wildman–Crippen MR) is 37.5 cm³/mol. The lowest BCUT2D eigenvalue weighted by Gasteiger charge is -1.93. The van der Waals surface area contributed by atoms with E-state index in [1.54, 1.807) is 0 Å². The van der Waals surface area contributed by atoms with Gasteiger partial charge in [0.25, 0.3) is 0 Å². The van der Waals surface area contributed by atoms with Crippen LogP contribution in [0, 0.1) is 0 Å². The summed E-state index contributed by atoms with van der Waals surface area (Å²) in [5.41, 5.74) is 0. The molecule has 1 aliphatic rings. The summed E-state index contributed by atoms with van der Waals surface area (Å²) in [6.07, 6.45) is 3.89. The smallest absolute Gasteiger partial charge is 0.168 e. The highest BCUT2D eigenvalue weighted by atomic mass is 32.2. The van der Waals surface area contributed by atoms with E-state index in [0.717, 1.165) is 6.54 Å². The molecule has 0 unspecified atom stereocenters. The fourth-order valence-electron chi connectivity index (χ4n) is 1.05. The number of fused-ring (bicyclic) bond motifs is 1. The van der Waals surface area contributed by atoms with Gasteiger partial charge in [-0.25, -0.2) is 4.98 Å². The highest BCUT2D eigenvalue weighted by molar-refractivity contribution is 7.99. The largest absolute Gasteiger partial charge is 0.325 e. The Kier molecular flexibility index (Phi) is 1.05. The molecule has 1 atom stereocenters. The summed E-state index contributed by atoms with van der Waals surface area (Å²) in [5.74, 6) is 0. The van der Waals surface area contributed by atoms with Crippen molar-refractivity contribution in [3.63, 3.8) is 0 Å². The summed E-state index contributed by atoms with van der Waals surface area (Å²) in [5, 5.41) is 1.89. The second-order valence-electron chi connectivity index (χ2n) is 2.29. The van der Waals surface area contributed by atoms with Gasteiger partial charge in [-0.05, 0) is 0 Å². The first-order chi connectivity index (χ1) is 4.36. The zero-order valence-corrected chi connectivity index (χ0v) is 6.06. The van der Waals surface area contributed by atoms with E-state index >= 15 is 0 Å². The molecule has 0 amide bonds. The average molecular weight is 140 g/mol. The third-order valence-electron chi connectivity index (χ3n) is 1.44. The summed E-state index contributed by atoms with van der Waals surface area (Å²) >= 11 is 1.85. The van der Waals surface area contributed by atoms with Crippen molar-refractivity contribution >= 4 is 11.8 Å². The molecule has 0 saturated heterocycles. The van der Waals surface area contributed by atoms with E-state index in [-0.39, 0.29) is 0 Å². The molecule has 1 aromatic heterocycles. The van der Waals surface area contributed by atoms with Crippen LogP contribution in [0.3, 0.4) is 0 Å². The number of imidazole rings is 1. The van der Waals surface area contributed by atoms with Crippen molar-refractivity contribution in [3.05, 3.63) is 12.4 Å². The quantitative estimate of drug-likeness (QED) is 0.541. The van der Waals surface area contributed by atoms with Crippen LogP contribution < -0.4 is 0 Å². The van der Waals surface area contributed by atoms with E-state index in [1.165, 1.54) is 5.16 Å².